The Hall–Kier alpha value is -2.97. The molecule has 3 rings (SSSR count). The Kier molecular flexibility index (Phi) is 3.70. The van der Waals surface area contributed by atoms with Crippen molar-refractivity contribution in [3.63, 3.8) is 0 Å². The predicted molar refractivity (Wildman–Crippen MR) is 80.1 cm³/mol. The van der Waals surface area contributed by atoms with Crippen LogP contribution in [-0.2, 0) is 4.79 Å². The maximum atomic E-state index is 12.1. The van der Waals surface area contributed by atoms with Crippen LogP contribution in [0.25, 0.3) is 0 Å². The van der Waals surface area contributed by atoms with E-state index in [-0.39, 0.29) is 22.8 Å². The van der Waals surface area contributed by atoms with Gasteiger partial charge in [-0.25, -0.2) is 4.79 Å². The van der Waals surface area contributed by atoms with Crippen molar-refractivity contribution in [1.29, 1.82) is 0 Å². The Morgan fingerprint density at radius 2 is 1.92 bits per heavy atom. The summed E-state index contributed by atoms with van der Waals surface area (Å²) in [5.74, 6) is -2.70. The first-order chi connectivity index (χ1) is 11.3. The molecule has 0 unspecified atom stereocenters. The Bertz CT molecular complexity index is 756. The van der Waals surface area contributed by atoms with E-state index in [0.29, 0.717) is 0 Å². The Morgan fingerprint density at radius 1 is 1.21 bits per heavy atom. The number of carbonyl (C=O) groups excluding carboxylic acids is 2. The number of aromatic carboxylic acids is 1. The van der Waals surface area contributed by atoms with E-state index >= 15 is 0 Å². The van der Waals surface area contributed by atoms with E-state index in [4.69, 9.17) is 5.11 Å². The third-order valence-electron chi connectivity index (χ3n) is 4.84. The molecule has 0 radical (unpaired) electrons. The Balaban J connectivity index is 1.67. The molecule has 1 aromatic rings. The van der Waals surface area contributed by atoms with E-state index < -0.39 is 28.1 Å². The summed E-state index contributed by atoms with van der Waals surface area (Å²) in [6, 6.07) is 2.89. The van der Waals surface area contributed by atoms with Gasteiger partial charge in [-0.3, -0.25) is 30.6 Å². The zero-order chi connectivity index (χ0) is 17.5. The van der Waals surface area contributed by atoms with Gasteiger partial charge in [0.25, 0.3) is 11.6 Å². The second kappa shape index (κ2) is 5.59. The maximum absolute atomic E-state index is 12.1. The van der Waals surface area contributed by atoms with Crippen molar-refractivity contribution in [2.24, 2.45) is 11.3 Å². The van der Waals surface area contributed by atoms with Gasteiger partial charge in [0.15, 0.2) is 0 Å². The number of carboxylic acid groups (broad SMARTS) is 1. The van der Waals surface area contributed by atoms with Crippen molar-refractivity contribution >= 4 is 23.5 Å². The summed E-state index contributed by atoms with van der Waals surface area (Å²) < 4.78 is 0. The largest absolute Gasteiger partial charge is 0.478 e. The van der Waals surface area contributed by atoms with Crippen molar-refractivity contribution in [2.45, 2.75) is 25.7 Å². The van der Waals surface area contributed by atoms with Crippen LogP contribution in [0.3, 0.4) is 0 Å². The van der Waals surface area contributed by atoms with Gasteiger partial charge in [-0.05, 0) is 30.7 Å². The fourth-order valence-corrected chi connectivity index (χ4v) is 3.20. The Morgan fingerprint density at radius 3 is 2.42 bits per heavy atom. The molecule has 2 aliphatic rings. The molecule has 9 heteroatoms. The fraction of sp³-hybridized carbons (Fsp3) is 0.400. The summed E-state index contributed by atoms with van der Waals surface area (Å²) in [4.78, 5) is 45.2. The van der Waals surface area contributed by atoms with Crippen molar-refractivity contribution in [2.75, 3.05) is 0 Å². The minimum Gasteiger partial charge on any atom is -0.478 e. The van der Waals surface area contributed by atoms with Crippen LogP contribution in [0.15, 0.2) is 18.2 Å². The number of carboxylic acids is 1. The number of nitrogens with zero attached hydrogens (tertiary/aromatic N) is 1. The maximum Gasteiger partial charge on any atom is 0.336 e. The van der Waals surface area contributed by atoms with Gasteiger partial charge >= 0.3 is 5.97 Å². The van der Waals surface area contributed by atoms with Gasteiger partial charge in [-0.15, -0.1) is 0 Å². The third-order valence-corrected chi connectivity index (χ3v) is 4.84. The first kappa shape index (κ1) is 15.9. The molecule has 9 nitrogen and oxygen atoms in total. The summed E-state index contributed by atoms with van der Waals surface area (Å²) in [7, 11) is 0. The molecule has 0 aliphatic heterocycles. The highest BCUT2D eigenvalue weighted by Gasteiger charge is 2.60. The van der Waals surface area contributed by atoms with Crippen molar-refractivity contribution in [3.05, 3.63) is 39.4 Å². The zero-order valence-corrected chi connectivity index (χ0v) is 12.6. The molecule has 1 spiro atoms. The van der Waals surface area contributed by atoms with Crippen LogP contribution >= 0.6 is 0 Å². The number of rotatable bonds is 4. The van der Waals surface area contributed by atoms with E-state index in [9.17, 15) is 24.5 Å². The van der Waals surface area contributed by atoms with Crippen molar-refractivity contribution in [3.8, 4) is 0 Å². The predicted octanol–water partition coefficient (Wildman–Crippen LogP) is 1.24. The first-order valence-corrected chi connectivity index (χ1v) is 7.46. The Labute approximate surface area is 136 Å². The molecular formula is C15H15N3O6. The van der Waals surface area contributed by atoms with Crippen molar-refractivity contribution in [1.82, 2.24) is 10.9 Å². The lowest BCUT2D eigenvalue weighted by molar-refractivity contribution is -0.384. The van der Waals surface area contributed by atoms with Crippen LogP contribution in [0, 0.1) is 21.4 Å². The zero-order valence-electron chi connectivity index (χ0n) is 12.6. The lowest BCUT2D eigenvalue weighted by Crippen LogP contribution is -2.44. The molecule has 2 amide bonds. The molecule has 1 aromatic carbocycles. The molecule has 2 fully saturated rings. The summed E-state index contributed by atoms with van der Waals surface area (Å²) in [6.07, 6.45) is 3.96. The number of hydrazine groups is 1. The SMILES string of the molecule is O=C(O)c1cc([N+](=O)[O-])ccc1C(=O)NNC(=O)[C@H]1CC12CCC2. The molecule has 0 bridgehead atoms. The average Bonchev–Trinajstić information content (AvgIpc) is 3.27. The summed E-state index contributed by atoms with van der Waals surface area (Å²) in [5, 5.41) is 19.8. The molecule has 1 atom stereocenters. The normalized spacial score (nSPS) is 19.9. The van der Waals surface area contributed by atoms with Crippen LogP contribution in [-0.4, -0.2) is 27.8 Å². The van der Waals surface area contributed by atoms with E-state index in [2.05, 4.69) is 10.9 Å². The molecular weight excluding hydrogens is 318 g/mol. The molecule has 0 aromatic heterocycles. The minimum atomic E-state index is -1.47. The van der Waals surface area contributed by atoms with Crippen LogP contribution < -0.4 is 10.9 Å². The smallest absolute Gasteiger partial charge is 0.336 e. The number of hydrogen-bond donors (Lipinski definition) is 3. The lowest BCUT2D eigenvalue weighted by atomic mass is 9.80. The summed E-state index contributed by atoms with van der Waals surface area (Å²) >= 11 is 0. The van der Waals surface area contributed by atoms with E-state index in [0.717, 1.165) is 43.9 Å². The van der Waals surface area contributed by atoms with Gasteiger partial charge in [0.1, 0.15) is 0 Å². The minimum absolute atomic E-state index is 0.106. The van der Waals surface area contributed by atoms with Gasteiger partial charge < -0.3 is 5.11 Å². The second-order valence-corrected chi connectivity index (χ2v) is 6.21. The summed E-state index contributed by atoms with van der Waals surface area (Å²) in [5.41, 5.74) is 3.39. The molecule has 2 saturated carbocycles. The van der Waals surface area contributed by atoms with Crippen LogP contribution in [0.5, 0.6) is 0 Å². The van der Waals surface area contributed by atoms with Crippen LogP contribution in [0.2, 0.25) is 0 Å². The molecule has 24 heavy (non-hydrogen) atoms. The molecule has 0 saturated heterocycles. The average molecular weight is 333 g/mol. The molecule has 126 valence electrons. The van der Waals surface area contributed by atoms with E-state index in [1.165, 1.54) is 0 Å². The molecule has 0 heterocycles. The lowest BCUT2D eigenvalue weighted by Gasteiger charge is -2.26. The van der Waals surface area contributed by atoms with Crippen LogP contribution in [0.4, 0.5) is 5.69 Å². The number of amides is 2. The number of hydrogen-bond acceptors (Lipinski definition) is 5. The number of non-ortho nitro benzene ring substituents is 1. The second-order valence-electron chi connectivity index (χ2n) is 6.21. The number of nitro groups is 1. The fourth-order valence-electron chi connectivity index (χ4n) is 3.20. The number of nitrogens with one attached hydrogen (secondary N) is 2. The topological polar surface area (TPSA) is 139 Å². The van der Waals surface area contributed by atoms with Gasteiger partial charge in [-0.2, -0.15) is 0 Å². The van der Waals surface area contributed by atoms with Gasteiger partial charge in [-0.1, -0.05) is 6.42 Å². The highest BCUT2D eigenvalue weighted by molar-refractivity contribution is 6.05. The van der Waals surface area contributed by atoms with Gasteiger partial charge in [0.2, 0.25) is 5.91 Å². The number of carbonyl (C=O) groups is 3. The van der Waals surface area contributed by atoms with Gasteiger partial charge in [0.05, 0.1) is 16.1 Å². The molecule has 2 aliphatic carbocycles. The first-order valence-electron chi connectivity index (χ1n) is 7.46. The van der Waals surface area contributed by atoms with Crippen molar-refractivity contribution < 1.29 is 24.4 Å². The summed E-state index contributed by atoms with van der Waals surface area (Å²) in [6.45, 7) is 0. The monoisotopic (exact) mass is 333 g/mol. The quantitative estimate of drug-likeness (QED) is 0.560. The highest BCUT2D eigenvalue weighted by atomic mass is 16.6. The van der Waals surface area contributed by atoms with E-state index in [1.54, 1.807) is 0 Å². The van der Waals surface area contributed by atoms with Crippen LogP contribution in [0.1, 0.15) is 46.4 Å². The highest BCUT2D eigenvalue weighted by Crippen LogP contribution is 2.65. The number of benzene rings is 1. The molecule has 3 N–H and O–H groups in total. The number of nitro benzene ring substituents is 1. The van der Waals surface area contributed by atoms with Gasteiger partial charge in [0, 0.05) is 18.1 Å². The standard InChI is InChI=1S/C15H15N3O6/c19-12(16-17-13(20)11-7-15(11)4-1-5-15)9-3-2-8(18(23)24)6-10(9)14(21)22/h2-3,6,11H,1,4-5,7H2,(H,16,19)(H,17,20)(H,21,22)/t11-/m1/s1. The third kappa shape index (κ3) is 2.68. The van der Waals surface area contributed by atoms with E-state index in [1.807, 2.05) is 0 Å².